The van der Waals surface area contributed by atoms with Gasteiger partial charge in [0.05, 0.1) is 37.1 Å². The van der Waals surface area contributed by atoms with E-state index < -0.39 is 5.97 Å². The van der Waals surface area contributed by atoms with Crippen molar-refractivity contribution in [3.8, 4) is 38.7 Å². The van der Waals surface area contributed by atoms with E-state index in [9.17, 15) is 9.90 Å². The molecule has 0 radical (unpaired) electrons. The number of hydrogen-bond acceptors (Lipinski definition) is 10. The number of nitrogens with zero attached hydrogens (tertiary/aromatic N) is 4. The third-order valence-corrected chi connectivity index (χ3v) is 8.32. The Labute approximate surface area is 242 Å². The van der Waals surface area contributed by atoms with Crippen molar-refractivity contribution in [2.24, 2.45) is 0 Å². The first-order valence-electron chi connectivity index (χ1n) is 12.6. The first-order chi connectivity index (χ1) is 19.6. The van der Waals surface area contributed by atoms with Crippen LogP contribution in [0, 0.1) is 0 Å². The molecule has 210 valence electrons. The topological polar surface area (TPSA) is 121 Å². The van der Waals surface area contributed by atoms with Crippen LogP contribution in [0.4, 0.5) is 0 Å². The molecule has 0 aliphatic carbocycles. The van der Waals surface area contributed by atoms with Crippen molar-refractivity contribution in [2.45, 2.75) is 32.8 Å². The summed E-state index contributed by atoms with van der Waals surface area (Å²) in [5, 5.41) is 18.0. The van der Waals surface area contributed by atoms with Crippen molar-refractivity contribution < 1.29 is 28.5 Å². The van der Waals surface area contributed by atoms with Crippen LogP contribution in [-0.4, -0.2) is 44.9 Å². The molecule has 1 N–H and O–H groups in total. The van der Waals surface area contributed by atoms with Crippen molar-refractivity contribution in [1.29, 1.82) is 0 Å². The summed E-state index contributed by atoms with van der Waals surface area (Å²) in [7, 11) is 3.16. The Kier molecular flexibility index (Phi) is 6.66. The summed E-state index contributed by atoms with van der Waals surface area (Å²) in [6.07, 6.45) is 1.79. The maximum Gasteiger partial charge on any atom is 0.335 e. The molecule has 6 rings (SSSR count). The Morgan fingerprint density at radius 2 is 1.93 bits per heavy atom. The lowest BCUT2D eigenvalue weighted by molar-refractivity contribution is 0.0694. The number of rotatable bonds is 8. The number of ether oxygens (including phenoxy) is 3. The molecule has 0 saturated heterocycles. The third-order valence-electron chi connectivity index (χ3n) is 6.49. The smallest absolute Gasteiger partial charge is 0.335 e. The van der Waals surface area contributed by atoms with Crippen LogP contribution < -0.4 is 14.2 Å². The van der Waals surface area contributed by atoms with Gasteiger partial charge in [-0.1, -0.05) is 26.8 Å². The Hall–Kier alpha value is -4.42. The number of methoxy groups -OCH3 is 2. The molecule has 0 spiro atoms. The number of imidazole rings is 1. The van der Waals surface area contributed by atoms with E-state index in [1.54, 1.807) is 43.1 Å². The van der Waals surface area contributed by atoms with Crippen molar-refractivity contribution in [1.82, 2.24) is 19.6 Å². The van der Waals surface area contributed by atoms with Gasteiger partial charge in [-0.3, -0.25) is 0 Å². The van der Waals surface area contributed by atoms with Crippen molar-refractivity contribution in [3.63, 3.8) is 0 Å². The number of benzene rings is 2. The van der Waals surface area contributed by atoms with Crippen LogP contribution in [-0.2, 0) is 12.0 Å². The second-order valence-electron chi connectivity index (χ2n) is 10.3. The first-order valence-corrected chi connectivity index (χ1v) is 14.3. The molecule has 4 aromatic heterocycles. The second kappa shape index (κ2) is 10.2. The van der Waals surface area contributed by atoms with Gasteiger partial charge in [0.15, 0.2) is 5.76 Å². The number of thiazole rings is 1. The monoisotopic (exact) mass is 590 g/mol. The van der Waals surface area contributed by atoms with Gasteiger partial charge in [-0.25, -0.2) is 19.3 Å². The van der Waals surface area contributed by atoms with Gasteiger partial charge < -0.3 is 23.7 Å². The van der Waals surface area contributed by atoms with Gasteiger partial charge in [0, 0.05) is 23.1 Å². The number of hydrogen-bond donors (Lipinski definition) is 1. The lowest BCUT2D eigenvalue weighted by atomic mass is 9.83. The molecular formula is C29H26N4O6S2. The number of aromatic nitrogens is 4. The molecule has 0 atom stereocenters. The minimum Gasteiger partial charge on any atom is -0.496 e. The summed E-state index contributed by atoms with van der Waals surface area (Å²) in [6, 6.07) is 10.9. The Bertz CT molecular complexity index is 1880. The molecule has 41 heavy (non-hydrogen) atoms. The van der Waals surface area contributed by atoms with Crippen LogP contribution >= 0.6 is 22.7 Å². The van der Waals surface area contributed by atoms with Gasteiger partial charge in [0.25, 0.3) is 5.19 Å². The fourth-order valence-corrected chi connectivity index (χ4v) is 5.97. The zero-order valence-electron chi connectivity index (χ0n) is 22.9. The zero-order chi connectivity index (χ0) is 28.9. The maximum absolute atomic E-state index is 11.8. The predicted octanol–water partition coefficient (Wildman–Crippen LogP) is 6.92. The van der Waals surface area contributed by atoms with Crippen LogP contribution in [0.1, 0.15) is 42.4 Å². The minimum absolute atomic E-state index is 0.225. The van der Waals surface area contributed by atoms with E-state index in [4.69, 9.17) is 23.6 Å². The van der Waals surface area contributed by atoms with Crippen molar-refractivity contribution in [3.05, 3.63) is 64.8 Å². The molecule has 0 bridgehead atoms. The number of furan rings is 1. The highest BCUT2D eigenvalue weighted by atomic mass is 32.1. The average Bonchev–Trinajstić information content (AvgIpc) is 3.73. The molecule has 0 aliphatic heterocycles. The van der Waals surface area contributed by atoms with E-state index in [2.05, 4.69) is 10.1 Å². The molecule has 0 amide bonds. The van der Waals surface area contributed by atoms with Gasteiger partial charge in [0.2, 0.25) is 4.96 Å². The highest BCUT2D eigenvalue weighted by molar-refractivity contribution is 7.18. The lowest BCUT2D eigenvalue weighted by Gasteiger charge is -2.22. The fourth-order valence-electron chi connectivity index (χ4n) is 4.47. The van der Waals surface area contributed by atoms with Crippen molar-refractivity contribution >= 4 is 44.6 Å². The fraction of sp³-hybridized carbons (Fsp3) is 0.241. The summed E-state index contributed by atoms with van der Waals surface area (Å²) in [5.74, 6) is 0.819. The first kappa shape index (κ1) is 26.8. The SMILES string of the molecule is COc1cc(OCc2csc(-c3ccc(C(=O)O)c(C(C)(C)C)c3)n2)c2cc(-c3cn4nc(OC)sc4n3)oc2c1. The van der Waals surface area contributed by atoms with Gasteiger partial charge in [-0.05, 0) is 40.5 Å². The van der Waals surface area contributed by atoms with E-state index in [-0.39, 0.29) is 12.0 Å². The average molecular weight is 591 g/mol. The highest BCUT2D eigenvalue weighted by Crippen LogP contribution is 2.38. The van der Waals surface area contributed by atoms with Crippen molar-refractivity contribution in [2.75, 3.05) is 14.2 Å². The summed E-state index contributed by atoms with van der Waals surface area (Å²) >= 11 is 2.82. The van der Waals surface area contributed by atoms with Gasteiger partial charge in [-0.15, -0.1) is 16.4 Å². The third kappa shape index (κ3) is 5.11. The number of carboxylic acid groups (broad SMARTS) is 1. The van der Waals surface area contributed by atoms with Gasteiger partial charge in [0.1, 0.15) is 34.4 Å². The van der Waals surface area contributed by atoms with E-state index in [1.165, 1.54) is 22.7 Å². The Morgan fingerprint density at radius 1 is 1.10 bits per heavy atom. The number of carbonyl (C=O) groups is 1. The number of carboxylic acids is 1. The molecule has 0 aliphatic rings. The molecule has 4 heterocycles. The van der Waals surface area contributed by atoms with E-state index in [0.717, 1.165) is 27.2 Å². The largest absolute Gasteiger partial charge is 0.496 e. The maximum atomic E-state index is 11.8. The standard InChI is InChI=1S/C29H26N4O6S2/c1-29(2,3)20-8-15(6-7-18(20)26(34)35)25-30-16(14-40-25)13-38-22-9-17(36-4)10-23-19(22)11-24(39-23)21-12-33-27(31-21)41-28(32-33)37-5/h6-12,14H,13H2,1-5H3,(H,34,35). The normalized spacial score (nSPS) is 11.8. The highest BCUT2D eigenvalue weighted by Gasteiger charge is 2.23. The summed E-state index contributed by atoms with van der Waals surface area (Å²) < 4.78 is 24.7. The lowest BCUT2D eigenvalue weighted by Crippen LogP contribution is -2.17. The molecule has 0 saturated carbocycles. The van der Waals surface area contributed by atoms with Crippen LogP contribution in [0.5, 0.6) is 16.7 Å². The summed E-state index contributed by atoms with van der Waals surface area (Å²) in [5.41, 5.74) is 3.59. The van der Waals surface area contributed by atoms with E-state index in [0.29, 0.717) is 44.3 Å². The molecule has 6 aromatic rings. The predicted molar refractivity (Wildman–Crippen MR) is 157 cm³/mol. The molecular weight excluding hydrogens is 564 g/mol. The minimum atomic E-state index is -0.939. The molecule has 2 aromatic carbocycles. The number of fused-ring (bicyclic) bond motifs is 2. The van der Waals surface area contributed by atoms with Crippen LogP contribution in [0.25, 0.3) is 38.0 Å². The van der Waals surface area contributed by atoms with Crippen LogP contribution in [0.3, 0.4) is 0 Å². The second-order valence-corrected chi connectivity index (χ2v) is 12.1. The quantitative estimate of drug-likeness (QED) is 0.201. The summed E-state index contributed by atoms with van der Waals surface area (Å²) in [6.45, 7) is 6.22. The van der Waals surface area contributed by atoms with Gasteiger partial charge in [-0.2, -0.15) is 0 Å². The van der Waals surface area contributed by atoms with E-state index >= 15 is 0 Å². The van der Waals surface area contributed by atoms with Gasteiger partial charge >= 0.3 is 5.97 Å². The zero-order valence-corrected chi connectivity index (χ0v) is 24.6. The molecule has 0 fully saturated rings. The van der Waals surface area contributed by atoms with Crippen LogP contribution in [0.15, 0.2) is 52.4 Å². The Morgan fingerprint density at radius 3 is 2.63 bits per heavy atom. The molecule has 12 heteroatoms. The summed E-state index contributed by atoms with van der Waals surface area (Å²) in [4.78, 5) is 21.8. The Balaban J connectivity index is 1.27. The molecule has 0 unspecified atom stereocenters. The number of aromatic carboxylic acids is 1. The van der Waals surface area contributed by atoms with E-state index in [1.807, 2.05) is 44.4 Å². The van der Waals surface area contributed by atoms with Crippen LogP contribution in [0.2, 0.25) is 0 Å². The molecule has 10 nitrogen and oxygen atoms in total.